The number of amides is 3. The Labute approximate surface area is 151 Å². The summed E-state index contributed by atoms with van der Waals surface area (Å²) in [6.45, 7) is 3.15. The van der Waals surface area contributed by atoms with Crippen molar-refractivity contribution in [2.45, 2.75) is 20.3 Å². The summed E-state index contributed by atoms with van der Waals surface area (Å²) in [6, 6.07) is 11.6. The van der Waals surface area contributed by atoms with E-state index in [0.717, 1.165) is 0 Å². The highest BCUT2D eigenvalue weighted by Gasteiger charge is 2.12. The number of carbonyl (C=O) groups excluding carboxylic acids is 3. The third-order valence-corrected chi connectivity index (χ3v) is 3.50. The van der Waals surface area contributed by atoms with Crippen LogP contribution in [0.15, 0.2) is 42.5 Å². The highest BCUT2D eigenvalue weighted by Crippen LogP contribution is 2.28. The minimum Gasteiger partial charge on any atom is -0.495 e. The number of hydrogen-bond donors (Lipinski definition) is 3. The number of nitrogens with one attached hydrogen (secondary N) is 3. The Morgan fingerprint density at radius 1 is 0.962 bits per heavy atom. The zero-order valence-corrected chi connectivity index (χ0v) is 14.9. The van der Waals surface area contributed by atoms with Crippen molar-refractivity contribution in [3.8, 4) is 5.75 Å². The first-order valence-corrected chi connectivity index (χ1v) is 8.09. The maximum atomic E-state index is 12.6. The number of benzene rings is 2. The first-order valence-electron chi connectivity index (χ1n) is 8.09. The average molecular weight is 355 g/mol. The fourth-order valence-corrected chi connectivity index (χ4v) is 2.27. The Balaban J connectivity index is 2.22. The first-order chi connectivity index (χ1) is 12.4. The minimum absolute atomic E-state index is 0.132. The summed E-state index contributed by atoms with van der Waals surface area (Å²) in [7, 11) is 1.49. The van der Waals surface area contributed by atoms with E-state index >= 15 is 0 Å². The van der Waals surface area contributed by atoms with E-state index in [0.29, 0.717) is 34.8 Å². The van der Waals surface area contributed by atoms with Gasteiger partial charge in [0.05, 0.1) is 12.8 Å². The molecule has 0 saturated carbocycles. The van der Waals surface area contributed by atoms with Gasteiger partial charge in [0.25, 0.3) is 5.91 Å². The summed E-state index contributed by atoms with van der Waals surface area (Å²) in [5, 5.41) is 8.12. The van der Waals surface area contributed by atoms with Crippen LogP contribution in [-0.4, -0.2) is 24.8 Å². The molecule has 0 aliphatic rings. The molecule has 0 radical (unpaired) electrons. The monoisotopic (exact) mass is 355 g/mol. The summed E-state index contributed by atoms with van der Waals surface area (Å²) in [6.07, 6.45) is 0.351. The second-order valence-corrected chi connectivity index (χ2v) is 5.53. The fraction of sp³-hybridized carbons (Fsp3) is 0.211. The van der Waals surface area contributed by atoms with Crippen LogP contribution >= 0.6 is 0 Å². The van der Waals surface area contributed by atoms with Crippen molar-refractivity contribution in [3.63, 3.8) is 0 Å². The lowest BCUT2D eigenvalue weighted by Crippen LogP contribution is -2.15. The molecule has 136 valence electrons. The van der Waals surface area contributed by atoms with Gasteiger partial charge in [-0.15, -0.1) is 0 Å². The van der Waals surface area contributed by atoms with Crippen LogP contribution < -0.4 is 20.7 Å². The van der Waals surface area contributed by atoms with E-state index in [1.54, 1.807) is 49.4 Å². The van der Waals surface area contributed by atoms with Gasteiger partial charge in [0.2, 0.25) is 11.8 Å². The van der Waals surface area contributed by atoms with Crippen molar-refractivity contribution in [2.75, 3.05) is 23.1 Å². The van der Waals surface area contributed by atoms with E-state index in [1.807, 2.05) is 0 Å². The van der Waals surface area contributed by atoms with Gasteiger partial charge in [-0.1, -0.05) is 13.0 Å². The molecule has 3 N–H and O–H groups in total. The number of anilines is 3. The van der Waals surface area contributed by atoms with Crippen LogP contribution in [0.2, 0.25) is 0 Å². The molecule has 0 aliphatic heterocycles. The van der Waals surface area contributed by atoms with Crippen molar-refractivity contribution in [2.24, 2.45) is 0 Å². The van der Waals surface area contributed by atoms with Gasteiger partial charge in [0, 0.05) is 30.3 Å². The summed E-state index contributed by atoms with van der Waals surface area (Å²) in [5.41, 5.74) is 1.89. The van der Waals surface area contributed by atoms with Crippen molar-refractivity contribution >= 4 is 34.8 Å². The molecule has 2 aromatic carbocycles. The number of rotatable bonds is 6. The molecule has 7 heteroatoms. The van der Waals surface area contributed by atoms with E-state index in [4.69, 9.17) is 4.74 Å². The molecule has 2 rings (SSSR count). The van der Waals surface area contributed by atoms with Crippen LogP contribution in [0.3, 0.4) is 0 Å². The molecule has 26 heavy (non-hydrogen) atoms. The average Bonchev–Trinajstić information content (AvgIpc) is 2.61. The lowest BCUT2D eigenvalue weighted by Gasteiger charge is -2.13. The predicted octanol–water partition coefficient (Wildman–Crippen LogP) is 3.25. The van der Waals surface area contributed by atoms with Gasteiger partial charge in [-0.3, -0.25) is 14.4 Å². The Hall–Kier alpha value is -3.35. The molecule has 0 aromatic heterocycles. The maximum Gasteiger partial charge on any atom is 0.255 e. The quantitative estimate of drug-likeness (QED) is 0.741. The predicted molar refractivity (Wildman–Crippen MR) is 101 cm³/mol. The van der Waals surface area contributed by atoms with E-state index in [9.17, 15) is 14.4 Å². The normalized spacial score (nSPS) is 9.96. The van der Waals surface area contributed by atoms with Crippen LogP contribution in [0.4, 0.5) is 17.1 Å². The second kappa shape index (κ2) is 8.66. The van der Waals surface area contributed by atoms with Crippen LogP contribution in [0.1, 0.15) is 30.6 Å². The van der Waals surface area contributed by atoms with Crippen molar-refractivity contribution < 1.29 is 19.1 Å². The van der Waals surface area contributed by atoms with E-state index < -0.39 is 0 Å². The van der Waals surface area contributed by atoms with Gasteiger partial charge in [-0.05, 0) is 36.4 Å². The molecule has 3 amide bonds. The smallest absolute Gasteiger partial charge is 0.255 e. The molecule has 0 spiro atoms. The fourth-order valence-electron chi connectivity index (χ4n) is 2.27. The summed E-state index contributed by atoms with van der Waals surface area (Å²) < 4.78 is 5.25. The Bertz CT molecular complexity index is 833. The molecule has 2 aromatic rings. The molecule has 0 heterocycles. The van der Waals surface area contributed by atoms with Gasteiger partial charge in [0.1, 0.15) is 5.75 Å². The molecular formula is C19H21N3O4. The molecular weight excluding hydrogens is 334 g/mol. The molecule has 0 saturated heterocycles. The van der Waals surface area contributed by atoms with Crippen LogP contribution in [0, 0.1) is 0 Å². The summed E-state index contributed by atoms with van der Waals surface area (Å²) >= 11 is 0. The molecule has 0 fully saturated rings. The van der Waals surface area contributed by atoms with Crippen molar-refractivity contribution in [3.05, 3.63) is 48.0 Å². The SMILES string of the molecule is CCC(=O)Nc1cccc(C(=O)Nc2cc(NC(C)=O)ccc2OC)c1. The molecule has 0 unspecified atom stereocenters. The lowest BCUT2D eigenvalue weighted by atomic mass is 10.1. The van der Waals surface area contributed by atoms with E-state index in [-0.39, 0.29) is 17.7 Å². The molecule has 0 atom stereocenters. The number of hydrogen-bond acceptors (Lipinski definition) is 4. The second-order valence-electron chi connectivity index (χ2n) is 5.53. The van der Waals surface area contributed by atoms with Gasteiger partial charge in [-0.25, -0.2) is 0 Å². The largest absolute Gasteiger partial charge is 0.495 e. The van der Waals surface area contributed by atoms with Gasteiger partial charge < -0.3 is 20.7 Å². The lowest BCUT2D eigenvalue weighted by molar-refractivity contribution is -0.116. The van der Waals surface area contributed by atoms with Gasteiger partial charge in [-0.2, -0.15) is 0 Å². The number of ether oxygens (including phenoxy) is 1. The number of methoxy groups -OCH3 is 1. The standard InChI is InChI=1S/C19H21N3O4/c1-4-18(24)21-14-7-5-6-13(10-14)19(25)22-16-11-15(20-12(2)23)8-9-17(16)26-3/h5-11H,4H2,1-3H3,(H,20,23)(H,21,24)(H,22,25). The van der Waals surface area contributed by atoms with Crippen LogP contribution in [0.5, 0.6) is 5.75 Å². The van der Waals surface area contributed by atoms with Crippen molar-refractivity contribution in [1.29, 1.82) is 0 Å². The highest BCUT2D eigenvalue weighted by atomic mass is 16.5. The zero-order chi connectivity index (χ0) is 19.1. The maximum absolute atomic E-state index is 12.6. The third-order valence-electron chi connectivity index (χ3n) is 3.50. The van der Waals surface area contributed by atoms with Gasteiger partial charge in [0.15, 0.2) is 0 Å². The Morgan fingerprint density at radius 3 is 2.35 bits per heavy atom. The van der Waals surface area contributed by atoms with Crippen LogP contribution in [-0.2, 0) is 9.59 Å². The summed E-state index contributed by atoms with van der Waals surface area (Å²) in [5.74, 6) is -0.252. The minimum atomic E-state index is -0.365. The Kier molecular flexibility index (Phi) is 6.32. The molecule has 0 bridgehead atoms. The van der Waals surface area contributed by atoms with Gasteiger partial charge >= 0.3 is 0 Å². The first kappa shape index (κ1) is 19.0. The van der Waals surface area contributed by atoms with Crippen molar-refractivity contribution in [1.82, 2.24) is 0 Å². The zero-order valence-electron chi connectivity index (χ0n) is 14.9. The molecule has 0 aliphatic carbocycles. The highest BCUT2D eigenvalue weighted by molar-refractivity contribution is 6.06. The Morgan fingerprint density at radius 2 is 1.69 bits per heavy atom. The number of carbonyl (C=O) groups is 3. The van der Waals surface area contributed by atoms with Crippen LogP contribution in [0.25, 0.3) is 0 Å². The van der Waals surface area contributed by atoms with E-state index in [2.05, 4.69) is 16.0 Å². The summed E-state index contributed by atoms with van der Waals surface area (Å²) in [4.78, 5) is 35.3. The molecule has 7 nitrogen and oxygen atoms in total. The third kappa shape index (κ3) is 5.07. The van der Waals surface area contributed by atoms with E-state index in [1.165, 1.54) is 14.0 Å². The topological polar surface area (TPSA) is 96.5 Å².